The second kappa shape index (κ2) is 6.66. The van der Waals surface area contributed by atoms with Gasteiger partial charge in [-0.1, -0.05) is 17.7 Å². The van der Waals surface area contributed by atoms with Crippen molar-refractivity contribution in [2.24, 2.45) is 0 Å². The molecule has 0 aliphatic carbocycles. The third-order valence-electron chi connectivity index (χ3n) is 2.94. The molecule has 0 saturated heterocycles. The fourth-order valence-corrected chi connectivity index (χ4v) is 2.16. The van der Waals surface area contributed by atoms with Gasteiger partial charge in [0.15, 0.2) is 0 Å². The van der Waals surface area contributed by atoms with E-state index in [0.29, 0.717) is 0 Å². The molecule has 2 N–H and O–H groups in total. The van der Waals surface area contributed by atoms with Crippen molar-refractivity contribution in [2.75, 3.05) is 26.7 Å². The standard InChI is InChI=1S/C14H24N2/c1-11-9-12(2)14(13(3)10-11)5-6-16-8-7-15-4/h9-10,15-16H,5-8H2,1-4H3. The molecule has 0 aliphatic rings. The van der Waals surface area contributed by atoms with Gasteiger partial charge in [0.2, 0.25) is 0 Å². The second-order valence-electron chi connectivity index (χ2n) is 4.48. The molecule has 0 spiro atoms. The molecule has 2 heteroatoms. The molecule has 0 atom stereocenters. The summed E-state index contributed by atoms with van der Waals surface area (Å²) in [5.74, 6) is 0. The van der Waals surface area contributed by atoms with Crippen molar-refractivity contribution in [3.63, 3.8) is 0 Å². The minimum absolute atomic E-state index is 1.03. The van der Waals surface area contributed by atoms with E-state index in [-0.39, 0.29) is 0 Å². The maximum absolute atomic E-state index is 3.44. The van der Waals surface area contributed by atoms with Gasteiger partial charge in [0.05, 0.1) is 0 Å². The zero-order valence-corrected chi connectivity index (χ0v) is 11.0. The van der Waals surface area contributed by atoms with Crippen LogP contribution >= 0.6 is 0 Å². The smallest absolute Gasteiger partial charge is 0.00767 e. The summed E-state index contributed by atoms with van der Waals surface area (Å²) in [5, 5.41) is 6.58. The number of rotatable bonds is 6. The number of hydrogen-bond acceptors (Lipinski definition) is 2. The van der Waals surface area contributed by atoms with Gasteiger partial charge in [-0.05, 0) is 57.5 Å². The van der Waals surface area contributed by atoms with E-state index in [0.717, 1.165) is 26.1 Å². The molecule has 0 bridgehead atoms. The summed E-state index contributed by atoms with van der Waals surface area (Å²) in [6, 6.07) is 4.55. The van der Waals surface area contributed by atoms with Crippen LogP contribution < -0.4 is 10.6 Å². The van der Waals surface area contributed by atoms with E-state index in [1.807, 2.05) is 7.05 Å². The summed E-state index contributed by atoms with van der Waals surface area (Å²) < 4.78 is 0. The maximum Gasteiger partial charge on any atom is 0.00767 e. The SMILES string of the molecule is CNCCNCCc1c(C)cc(C)cc1C. The highest BCUT2D eigenvalue weighted by molar-refractivity contribution is 5.37. The molecule has 1 aromatic carbocycles. The van der Waals surface area contributed by atoms with Gasteiger partial charge in [-0.2, -0.15) is 0 Å². The minimum atomic E-state index is 1.03. The van der Waals surface area contributed by atoms with Crippen LogP contribution in [0.25, 0.3) is 0 Å². The predicted octanol–water partition coefficient (Wildman–Crippen LogP) is 1.96. The van der Waals surface area contributed by atoms with Crippen molar-refractivity contribution in [2.45, 2.75) is 27.2 Å². The second-order valence-corrected chi connectivity index (χ2v) is 4.48. The molecular formula is C14H24N2. The molecule has 1 aromatic rings. The van der Waals surface area contributed by atoms with Crippen molar-refractivity contribution >= 4 is 0 Å². The lowest BCUT2D eigenvalue weighted by atomic mass is 9.97. The Morgan fingerprint density at radius 2 is 1.56 bits per heavy atom. The predicted molar refractivity (Wildman–Crippen MR) is 71.2 cm³/mol. The zero-order valence-electron chi connectivity index (χ0n) is 11.0. The molecule has 2 nitrogen and oxygen atoms in total. The van der Waals surface area contributed by atoms with Crippen LogP contribution in [0.4, 0.5) is 0 Å². The van der Waals surface area contributed by atoms with E-state index in [2.05, 4.69) is 43.5 Å². The van der Waals surface area contributed by atoms with E-state index in [9.17, 15) is 0 Å². The molecule has 16 heavy (non-hydrogen) atoms. The zero-order chi connectivity index (χ0) is 12.0. The molecule has 0 fully saturated rings. The first-order valence-corrected chi connectivity index (χ1v) is 6.07. The van der Waals surface area contributed by atoms with Gasteiger partial charge < -0.3 is 10.6 Å². The summed E-state index contributed by atoms with van der Waals surface area (Å²) in [6.07, 6.45) is 1.13. The Labute approximate surface area is 99.5 Å². The maximum atomic E-state index is 3.44. The Balaban J connectivity index is 2.47. The van der Waals surface area contributed by atoms with Crippen molar-refractivity contribution in [1.82, 2.24) is 10.6 Å². The van der Waals surface area contributed by atoms with Crippen LogP contribution in [0.15, 0.2) is 12.1 Å². The highest BCUT2D eigenvalue weighted by Gasteiger charge is 2.02. The van der Waals surface area contributed by atoms with Crippen molar-refractivity contribution < 1.29 is 0 Å². The third kappa shape index (κ3) is 3.95. The topological polar surface area (TPSA) is 24.1 Å². The van der Waals surface area contributed by atoms with Crippen LogP contribution in [0, 0.1) is 20.8 Å². The summed E-state index contributed by atoms with van der Waals surface area (Å²) in [5.41, 5.74) is 5.71. The van der Waals surface area contributed by atoms with Gasteiger partial charge in [-0.25, -0.2) is 0 Å². The lowest BCUT2D eigenvalue weighted by Gasteiger charge is -2.11. The minimum Gasteiger partial charge on any atom is -0.318 e. The average Bonchev–Trinajstić information content (AvgIpc) is 2.20. The first kappa shape index (κ1) is 13.2. The molecule has 0 aromatic heterocycles. The van der Waals surface area contributed by atoms with Gasteiger partial charge in [0.1, 0.15) is 0 Å². The number of nitrogens with one attached hydrogen (secondary N) is 2. The lowest BCUT2D eigenvalue weighted by molar-refractivity contribution is 0.647. The quantitative estimate of drug-likeness (QED) is 0.716. The Bertz CT molecular complexity index is 309. The molecule has 0 unspecified atom stereocenters. The molecule has 1 rings (SSSR count). The van der Waals surface area contributed by atoms with Gasteiger partial charge >= 0.3 is 0 Å². The Hall–Kier alpha value is -0.860. The van der Waals surface area contributed by atoms with Crippen molar-refractivity contribution in [1.29, 1.82) is 0 Å². The van der Waals surface area contributed by atoms with E-state index in [4.69, 9.17) is 0 Å². The van der Waals surface area contributed by atoms with E-state index < -0.39 is 0 Å². The van der Waals surface area contributed by atoms with Crippen LogP contribution in [-0.2, 0) is 6.42 Å². The van der Waals surface area contributed by atoms with Crippen LogP contribution in [0.3, 0.4) is 0 Å². The Morgan fingerprint density at radius 1 is 0.938 bits per heavy atom. The number of aryl methyl sites for hydroxylation is 3. The van der Waals surface area contributed by atoms with Crippen LogP contribution in [-0.4, -0.2) is 26.7 Å². The Morgan fingerprint density at radius 3 is 2.12 bits per heavy atom. The van der Waals surface area contributed by atoms with E-state index in [1.165, 1.54) is 22.3 Å². The summed E-state index contributed by atoms with van der Waals surface area (Å²) in [4.78, 5) is 0. The largest absolute Gasteiger partial charge is 0.318 e. The molecule has 0 heterocycles. The van der Waals surface area contributed by atoms with Gasteiger partial charge in [-0.15, -0.1) is 0 Å². The first-order chi connectivity index (χ1) is 7.65. The highest BCUT2D eigenvalue weighted by atomic mass is 14.9. The fraction of sp³-hybridized carbons (Fsp3) is 0.571. The molecule has 0 saturated carbocycles. The average molecular weight is 220 g/mol. The molecule has 0 amide bonds. The monoisotopic (exact) mass is 220 g/mol. The van der Waals surface area contributed by atoms with Gasteiger partial charge in [-0.3, -0.25) is 0 Å². The van der Waals surface area contributed by atoms with E-state index >= 15 is 0 Å². The Kier molecular flexibility index (Phi) is 5.50. The van der Waals surface area contributed by atoms with Crippen molar-refractivity contribution in [3.05, 3.63) is 34.4 Å². The normalized spacial score (nSPS) is 10.8. The van der Waals surface area contributed by atoms with Crippen molar-refractivity contribution in [3.8, 4) is 0 Å². The lowest BCUT2D eigenvalue weighted by Crippen LogP contribution is -2.26. The summed E-state index contributed by atoms with van der Waals surface area (Å²) in [6.45, 7) is 9.72. The van der Waals surface area contributed by atoms with E-state index in [1.54, 1.807) is 0 Å². The van der Waals surface area contributed by atoms with Gasteiger partial charge in [0.25, 0.3) is 0 Å². The van der Waals surface area contributed by atoms with Crippen LogP contribution in [0.5, 0.6) is 0 Å². The van der Waals surface area contributed by atoms with Crippen LogP contribution in [0.2, 0.25) is 0 Å². The molecule has 0 aliphatic heterocycles. The number of hydrogen-bond donors (Lipinski definition) is 2. The summed E-state index contributed by atoms with van der Waals surface area (Å²) >= 11 is 0. The molecule has 90 valence electrons. The van der Waals surface area contributed by atoms with Gasteiger partial charge in [0, 0.05) is 13.1 Å². The van der Waals surface area contributed by atoms with Crippen LogP contribution in [0.1, 0.15) is 22.3 Å². The first-order valence-electron chi connectivity index (χ1n) is 6.07. The summed E-state index contributed by atoms with van der Waals surface area (Å²) in [7, 11) is 1.98. The number of benzene rings is 1. The molecular weight excluding hydrogens is 196 g/mol. The number of likely N-dealkylation sites (N-methyl/N-ethyl adjacent to an activating group) is 1. The molecule has 0 radical (unpaired) electrons. The fourth-order valence-electron chi connectivity index (χ4n) is 2.16. The third-order valence-corrected chi connectivity index (χ3v) is 2.94. The highest BCUT2D eigenvalue weighted by Crippen LogP contribution is 2.16.